The van der Waals surface area contributed by atoms with Crippen LogP contribution in [0.25, 0.3) is 0 Å². The predicted octanol–water partition coefficient (Wildman–Crippen LogP) is 3.75. The van der Waals surface area contributed by atoms with E-state index in [9.17, 15) is 0 Å². The average molecular weight is 241 g/mol. The fraction of sp³-hybridized carbons (Fsp3) is 1.00. The molecule has 1 fully saturated rings. The predicted molar refractivity (Wildman–Crippen MR) is 74.4 cm³/mol. The Morgan fingerprint density at radius 3 is 2.53 bits per heavy atom. The molecule has 0 aliphatic heterocycles. The molecule has 0 aromatic carbocycles. The minimum absolute atomic E-state index is 0.390. The van der Waals surface area contributed by atoms with Crippen LogP contribution in [-0.4, -0.2) is 25.3 Å². The van der Waals surface area contributed by atoms with Gasteiger partial charge in [0.05, 0.1) is 6.10 Å². The van der Waals surface area contributed by atoms with Crippen molar-refractivity contribution < 1.29 is 4.74 Å². The fourth-order valence-electron chi connectivity index (χ4n) is 2.38. The summed E-state index contributed by atoms with van der Waals surface area (Å²) >= 11 is 0. The smallest absolute Gasteiger partial charge is 0.0728 e. The lowest BCUT2D eigenvalue weighted by Crippen LogP contribution is -2.44. The monoisotopic (exact) mass is 241 g/mol. The molecule has 2 nitrogen and oxygen atoms in total. The lowest BCUT2D eigenvalue weighted by atomic mass is 9.91. The molecular weight excluding hydrogens is 210 g/mol. The summed E-state index contributed by atoms with van der Waals surface area (Å²) in [5, 5.41) is 3.64. The Hall–Kier alpha value is -0.0800. The van der Waals surface area contributed by atoms with E-state index in [1.54, 1.807) is 0 Å². The van der Waals surface area contributed by atoms with Crippen molar-refractivity contribution in [1.82, 2.24) is 5.32 Å². The second kappa shape index (κ2) is 7.38. The van der Waals surface area contributed by atoms with Crippen LogP contribution in [0.2, 0.25) is 0 Å². The molecule has 1 saturated carbocycles. The molecule has 2 unspecified atom stereocenters. The van der Waals surface area contributed by atoms with E-state index in [0.29, 0.717) is 17.6 Å². The van der Waals surface area contributed by atoms with Crippen LogP contribution in [0.3, 0.4) is 0 Å². The van der Waals surface area contributed by atoms with E-state index in [2.05, 4.69) is 33.0 Å². The normalized spacial score (nSPS) is 26.1. The molecule has 2 atom stereocenters. The molecular formula is C15H31NO. The summed E-state index contributed by atoms with van der Waals surface area (Å²) in [6.45, 7) is 11.1. The minimum Gasteiger partial charge on any atom is -0.377 e. The first-order chi connectivity index (χ1) is 8.03. The average Bonchev–Trinajstić information content (AvgIpc) is 2.26. The van der Waals surface area contributed by atoms with E-state index in [1.165, 1.54) is 32.1 Å². The molecule has 0 aromatic rings. The summed E-state index contributed by atoms with van der Waals surface area (Å²) < 4.78 is 6.11. The third-order valence-corrected chi connectivity index (χ3v) is 3.54. The first-order valence-corrected chi connectivity index (χ1v) is 7.38. The minimum atomic E-state index is 0.390. The number of nitrogens with one attached hydrogen (secondary N) is 1. The Balaban J connectivity index is 2.27. The van der Waals surface area contributed by atoms with Gasteiger partial charge in [-0.15, -0.1) is 0 Å². The van der Waals surface area contributed by atoms with Gasteiger partial charge in [0.1, 0.15) is 0 Å². The Morgan fingerprint density at radius 1 is 1.18 bits per heavy atom. The lowest BCUT2D eigenvalue weighted by Gasteiger charge is -2.33. The van der Waals surface area contributed by atoms with Crippen molar-refractivity contribution in [3.05, 3.63) is 0 Å². The highest BCUT2D eigenvalue weighted by Gasteiger charge is 2.25. The van der Waals surface area contributed by atoms with Gasteiger partial charge in [0.15, 0.2) is 0 Å². The molecule has 0 amide bonds. The largest absolute Gasteiger partial charge is 0.377 e. The van der Waals surface area contributed by atoms with E-state index in [-0.39, 0.29) is 0 Å². The van der Waals surface area contributed by atoms with Crippen LogP contribution in [0.5, 0.6) is 0 Å². The van der Waals surface area contributed by atoms with Crippen molar-refractivity contribution >= 4 is 0 Å². The van der Waals surface area contributed by atoms with Gasteiger partial charge in [0, 0.05) is 12.6 Å². The summed E-state index contributed by atoms with van der Waals surface area (Å²) in [5.74, 6) is 0. The molecule has 0 heterocycles. The highest BCUT2D eigenvalue weighted by atomic mass is 16.5. The second-order valence-corrected chi connectivity index (χ2v) is 6.56. The Kier molecular flexibility index (Phi) is 6.50. The van der Waals surface area contributed by atoms with Crippen molar-refractivity contribution in [2.45, 2.75) is 78.4 Å². The van der Waals surface area contributed by atoms with E-state index in [1.807, 2.05) is 0 Å². The first kappa shape index (κ1) is 15.0. The molecule has 1 rings (SSSR count). The summed E-state index contributed by atoms with van der Waals surface area (Å²) in [5.41, 5.74) is 0.390. The van der Waals surface area contributed by atoms with Gasteiger partial charge in [-0.3, -0.25) is 0 Å². The highest BCUT2D eigenvalue weighted by Crippen LogP contribution is 2.24. The van der Waals surface area contributed by atoms with Crippen LogP contribution in [0.1, 0.15) is 66.2 Å². The number of hydrogen-bond acceptors (Lipinski definition) is 2. The maximum absolute atomic E-state index is 6.11. The van der Waals surface area contributed by atoms with Crippen LogP contribution < -0.4 is 5.32 Å². The highest BCUT2D eigenvalue weighted by molar-refractivity contribution is 4.81. The van der Waals surface area contributed by atoms with Gasteiger partial charge >= 0.3 is 0 Å². The zero-order chi connectivity index (χ0) is 12.7. The van der Waals surface area contributed by atoms with Gasteiger partial charge in [-0.25, -0.2) is 0 Å². The maximum Gasteiger partial charge on any atom is 0.0728 e. The molecule has 1 aliphatic carbocycles. The van der Waals surface area contributed by atoms with E-state index in [0.717, 1.165) is 19.6 Å². The third kappa shape index (κ3) is 6.42. The molecule has 1 N–H and O–H groups in total. The van der Waals surface area contributed by atoms with Gasteiger partial charge in [-0.05, 0) is 37.6 Å². The van der Waals surface area contributed by atoms with E-state index in [4.69, 9.17) is 4.74 Å². The Bertz CT molecular complexity index is 198. The Morgan fingerprint density at radius 2 is 1.88 bits per heavy atom. The molecule has 0 radical (unpaired) electrons. The maximum atomic E-state index is 6.11. The van der Waals surface area contributed by atoms with Gasteiger partial charge in [0.25, 0.3) is 0 Å². The van der Waals surface area contributed by atoms with Crippen molar-refractivity contribution in [3.8, 4) is 0 Å². The molecule has 0 spiro atoms. The van der Waals surface area contributed by atoms with Crippen molar-refractivity contribution in [3.63, 3.8) is 0 Å². The number of hydrogen-bond donors (Lipinski definition) is 1. The Labute approximate surface area is 108 Å². The van der Waals surface area contributed by atoms with Gasteiger partial charge < -0.3 is 10.1 Å². The van der Waals surface area contributed by atoms with Crippen LogP contribution >= 0.6 is 0 Å². The summed E-state index contributed by atoms with van der Waals surface area (Å²) in [7, 11) is 0. The standard InChI is InChI=1S/C15H31NO/c1-5-11-16-13-8-6-7-9-14(13)17-12-10-15(2,3)4/h13-14,16H,5-12H2,1-4H3. The van der Waals surface area contributed by atoms with Crippen molar-refractivity contribution in [2.75, 3.05) is 13.2 Å². The van der Waals surface area contributed by atoms with Gasteiger partial charge in [-0.1, -0.05) is 40.5 Å². The summed E-state index contributed by atoms with van der Waals surface area (Å²) in [6.07, 6.45) is 8.06. The molecule has 0 aromatic heterocycles. The van der Waals surface area contributed by atoms with E-state index < -0.39 is 0 Å². The third-order valence-electron chi connectivity index (χ3n) is 3.54. The quantitative estimate of drug-likeness (QED) is 0.764. The number of rotatable bonds is 6. The molecule has 0 bridgehead atoms. The van der Waals surface area contributed by atoms with Crippen LogP contribution in [-0.2, 0) is 4.74 Å². The van der Waals surface area contributed by atoms with Crippen molar-refractivity contribution in [2.24, 2.45) is 5.41 Å². The SMILES string of the molecule is CCCNC1CCCCC1OCCC(C)(C)C. The summed E-state index contributed by atoms with van der Waals surface area (Å²) in [4.78, 5) is 0. The molecule has 17 heavy (non-hydrogen) atoms. The first-order valence-electron chi connectivity index (χ1n) is 7.38. The van der Waals surface area contributed by atoms with E-state index >= 15 is 0 Å². The zero-order valence-corrected chi connectivity index (χ0v) is 12.2. The van der Waals surface area contributed by atoms with Crippen LogP contribution in [0, 0.1) is 5.41 Å². The fourth-order valence-corrected chi connectivity index (χ4v) is 2.38. The molecule has 0 saturated heterocycles. The van der Waals surface area contributed by atoms with Gasteiger partial charge in [0.2, 0.25) is 0 Å². The topological polar surface area (TPSA) is 21.3 Å². The van der Waals surface area contributed by atoms with Gasteiger partial charge in [-0.2, -0.15) is 0 Å². The van der Waals surface area contributed by atoms with Crippen LogP contribution in [0.15, 0.2) is 0 Å². The number of ether oxygens (including phenoxy) is 1. The summed E-state index contributed by atoms with van der Waals surface area (Å²) in [6, 6.07) is 0.601. The van der Waals surface area contributed by atoms with Crippen molar-refractivity contribution in [1.29, 1.82) is 0 Å². The second-order valence-electron chi connectivity index (χ2n) is 6.56. The zero-order valence-electron chi connectivity index (χ0n) is 12.2. The van der Waals surface area contributed by atoms with Crippen LogP contribution in [0.4, 0.5) is 0 Å². The molecule has 1 aliphatic rings. The molecule has 2 heteroatoms. The molecule has 102 valence electrons. The lowest BCUT2D eigenvalue weighted by molar-refractivity contribution is -0.00502.